The van der Waals surface area contributed by atoms with E-state index in [0.29, 0.717) is 12.2 Å². The Bertz CT molecular complexity index is 823. The van der Waals surface area contributed by atoms with Gasteiger partial charge in [-0.15, -0.1) is 0 Å². The van der Waals surface area contributed by atoms with Crippen LogP contribution in [-0.4, -0.2) is 23.4 Å². The fourth-order valence-electron chi connectivity index (χ4n) is 2.67. The monoisotopic (exact) mass is 308 g/mol. The highest BCUT2D eigenvalue weighted by Crippen LogP contribution is 2.26. The van der Waals surface area contributed by atoms with Crippen molar-refractivity contribution in [3.05, 3.63) is 60.3 Å². The first-order chi connectivity index (χ1) is 11.2. The maximum atomic E-state index is 12.8. The molecule has 0 radical (unpaired) electrons. The second-order valence-corrected chi connectivity index (χ2v) is 5.41. The molecule has 2 N–H and O–H groups in total. The van der Waals surface area contributed by atoms with Crippen molar-refractivity contribution in [2.75, 3.05) is 11.9 Å². The number of aromatic amines is 1. The van der Waals surface area contributed by atoms with Gasteiger partial charge in [0, 0.05) is 22.7 Å². The van der Waals surface area contributed by atoms with Gasteiger partial charge in [-0.1, -0.05) is 30.3 Å². The molecular weight excluding hydrogens is 288 g/mol. The van der Waals surface area contributed by atoms with Crippen molar-refractivity contribution in [3.63, 3.8) is 0 Å². The standard InChI is InChI=1S/C19H20N2O2/c1-3-23-18-11-7-6-10-17(18)21-13(2)19(22)15-12-20-16-9-5-4-8-14(15)16/h4-13,20-21H,3H2,1-2H3. The van der Waals surface area contributed by atoms with Crippen molar-refractivity contribution in [1.29, 1.82) is 0 Å². The molecule has 1 aromatic heterocycles. The number of para-hydroxylation sites is 3. The van der Waals surface area contributed by atoms with E-state index >= 15 is 0 Å². The van der Waals surface area contributed by atoms with Gasteiger partial charge in [-0.3, -0.25) is 4.79 Å². The molecule has 3 aromatic rings. The third-order valence-corrected chi connectivity index (χ3v) is 3.81. The Morgan fingerprint density at radius 3 is 2.74 bits per heavy atom. The molecule has 4 heteroatoms. The van der Waals surface area contributed by atoms with E-state index in [1.54, 1.807) is 6.20 Å². The zero-order valence-electron chi connectivity index (χ0n) is 13.3. The van der Waals surface area contributed by atoms with Crippen molar-refractivity contribution in [1.82, 2.24) is 4.98 Å². The van der Waals surface area contributed by atoms with Gasteiger partial charge in [0.1, 0.15) is 5.75 Å². The van der Waals surface area contributed by atoms with Crippen LogP contribution in [0.3, 0.4) is 0 Å². The molecule has 0 saturated heterocycles. The number of Topliss-reactive ketones (excluding diaryl/α,β-unsaturated/α-hetero) is 1. The minimum atomic E-state index is -0.351. The number of anilines is 1. The molecule has 0 saturated carbocycles. The number of aromatic nitrogens is 1. The number of carbonyl (C=O) groups is 1. The Balaban J connectivity index is 1.83. The van der Waals surface area contributed by atoms with Crippen molar-refractivity contribution in [3.8, 4) is 5.75 Å². The van der Waals surface area contributed by atoms with Gasteiger partial charge in [0.25, 0.3) is 0 Å². The first-order valence-electron chi connectivity index (χ1n) is 7.79. The molecule has 0 fully saturated rings. The summed E-state index contributed by atoms with van der Waals surface area (Å²) in [6, 6.07) is 15.1. The Labute approximate surface area is 135 Å². The smallest absolute Gasteiger partial charge is 0.186 e. The largest absolute Gasteiger partial charge is 0.492 e. The van der Waals surface area contributed by atoms with Crippen molar-refractivity contribution in [2.24, 2.45) is 0 Å². The van der Waals surface area contributed by atoms with Gasteiger partial charge in [-0.05, 0) is 32.0 Å². The lowest BCUT2D eigenvalue weighted by atomic mass is 10.0. The summed E-state index contributed by atoms with van der Waals surface area (Å²) in [5.41, 5.74) is 2.50. The van der Waals surface area contributed by atoms with Gasteiger partial charge >= 0.3 is 0 Å². The van der Waals surface area contributed by atoms with Crippen LogP contribution in [0.5, 0.6) is 5.75 Å². The highest BCUT2D eigenvalue weighted by atomic mass is 16.5. The number of H-pyrrole nitrogens is 1. The van der Waals surface area contributed by atoms with Gasteiger partial charge in [0.2, 0.25) is 0 Å². The Kier molecular flexibility index (Phi) is 4.33. The SMILES string of the molecule is CCOc1ccccc1NC(C)C(=O)c1c[nH]c2ccccc12. The Morgan fingerprint density at radius 2 is 1.91 bits per heavy atom. The number of nitrogens with one attached hydrogen (secondary N) is 2. The molecule has 118 valence electrons. The second-order valence-electron chi connectivity index (χ2n) is 5.41. The lowest BCUT2D eigenvalue weighted by Gasteiger charge is -2.17. The molecule has 0 aliphatic rings. The molecule has 0 aliphatic carbocycles. The number of rotatable bonds is 6. The van der Waals surface area contributed by atoms with Crippen LogP contribution in [0.1, 0.15) is 24.2 Å². The van der Waals surface area contributed by atoms with Gasteiger partial charge in [-0.2, -0.15) is 0 Å². The molecule has 1 atom stereocenters. The van der Waals surface area contributed by atoms with E-state index in [1.807, 2.05) is 62.4 Å². The number of ether oxygens (including phenoxy) is 1. The van der Waals surface area contributed by atoms with Gasteiger partial charge in [-0.25, -0.2) is 0 Å². The van der Waals surface area contributed by atoms with E-state index in [4.69, 9.17) is 4.74 Å². The molecule has 1 unspecified atom stereocenters. The predicted molar refractivity (Wildman–Crippen MR) is 93.3 cm³/mol. The first kappa shape index (κ1) is 15.2. The molecule has 0 amide bonds. The third-order valence-electron chi connectivity index (χ3n) is 3.81. The Hall–Kier alpha value is -2.75. The molecule has 4 nitrogen and oxygen atoms in total. The summed E-state index contributed by atoms with van der Waals surface area (Å²) in [7, 11) is 0. The molecule has 0 spiro atoms. The molecule has 2 aromatic carbocycles. The summed E-state index contributed by atoms with van der Waals surface area (Å²) < 4.78 is 5.60. The summed E-state index contributed by atoms with van der Waals surface area (Å²) in [4.78, 5) is 15.9. The zero-order valence-corrected chi connectivity index (χ0v) is 13.3. The normalized spacial score (nSPS) is 12.1. The van der Waals surface area contributed by atoms with E-state index in [1.165, 1.54) is 0 Å². The van der Waals surface area contributed by atoms with Crippen LogP contribution in [0, 0.1) is 0 Å². The lowest BCUT2D eigenvalue weighted by molar-refractivity contribution is 0.0977. The van der Waals surface area contributed by atoms with Crippen LogP contribution in [0.2, 0.25) is 0 Å². The van der Waals surface area contributed by atoms with Crippen LogP contribution in [0.25, 0.3) is 10.9 Å². The molecular formula is C19H20N2O2. The highest BCUT2D eigenvalue weighted by molar-refractivity contribution is 6.11. The van der Waals surface area contributed by atoms with Crippen LogP contribution in [-0.2, 0) is 0 Å². The van der Waals surface area contributed by atoms with Crippen molar-refractivity contribution >= 4 is 22.4 Å². The van der Waals surface area contributed by atoms with Gasteiger partial charge in [0.05, 0.1) is 18.3 Å². The number of carbonyl (C=O) groups excluding carboxylic acids is 1. The third kappa shape index (κ3) is 3.06. The molecule has 3 rings (SSSR count). The van der Waals surface area contributed by atoms with Crippen molar-refractivity contribution in [2.45, 2.75) is 19.9 Å². The Morgan fingerprint density at radius 1 is 1.17 bits per heavy atom. The zero-order chi connectivity index (χ0) is 16.2. The molecule has 1 heterocycles. The summed E-state index contributed by atoms with van der Waals surface area (Å²) in [6.45, 7) is 4.40. The number of hydrogen-bond donors (Lipinski definition) is 2. The summed E-state index contributed by atoms with van der Waals surface area (Å²) >= 11 is 0. The summed E-state index contributed by atoms with van der Waals surface area (Å²) in [5, 5.41) is 4.21. The van der Waals surface area contributed by atoms with E-state index in [2.05, 4.69) is 10.3 Å². The van der Waals surface area contributed by atoms with Crippen molar-refractivity contribution < 1.29 is 9.53 Å². The lowest BCUT2D eigenvalue weighted by Crippen LogP contribution is -2.26. The number of benzene rings is 2. The van der Waals surface area contributed by atoms with Gasteiger partial charge in [0.15, 0.2) is 5.78 Å². The van der Waals surface area contributed by atoms with Crippen LogP contribution in [0.4, 0.5) is 5.69 Å². The second kappa shape index (κ2) is 6.57. The van der Waals surface area contributed by atoms with Crippen LogP contribution < -0.4 is 10.1 Å². The molecule has 0 aliphatic heterocycles. The minimum absolute atomic E-state index is 0.0498. The number of fused-ring (bicyclic) bond motifs is 1. The van der Waals surface area contributed by atoms with E-state index in [0.717, 1.165) is 22.3 Å². The first-order valence-corrected chi connectivity index (χ1v) is 7.79. The van der Waals surface area contributed by atoms with E-state index < -0.39 is 0 Å². The summed E-state index contributed by atoms with van der Waals surface area (Å²) in [5.74, 6) is 0.808. The molecule has 0 bridgehead atoms. The number of hydrogen-bond acceptors (Lipinski definition) is 3. The van der Waals surface area contributed by atoms with Crippen LogP contribution in [0.15, 0.2) is 54.7 Å². The summed E-state index contributed by atoms with van der Waals surface area (Å²) in [6.07, 6.45) is 1.78. The number of ketones is 1. The maximum Gasteiger partial charge on any atom is 0.186 e. The molecule has 23 heavy (non-hydrogen) atoms. The quantitative estimate of drug-likeness (QED) is 0.669. The van der Waals surface area contributed by atoms with E-state index in [-0.39, 0.29) is 11.8 Å². The average Bonchev–Trinajstić information content (AvgIpc) is 3.00. The fraction of sp³-hybridized carbons (Fsp3) is 0.211. The average molecular weight is 308 g/mol. The van der Waals surface area contributed by atoms with Crippen LogP contribution >= 0.6 is 0 Å². The highest BCUT2D eigenvalue weighted by Gasteiger charge is 2.19. The fourth-order valence-corrected chi connectivity index (χ4v) is 2.67. The van der Waals surface area contributed by atoms with Gasteiger partial charge < -0.3 is 15.0 Å². The topological polar surface area (TPSA) is 54.1 Å². The minimum Gasteiger partial charge on any atom is -0.492 e. The predicted octanol–water partition coefficient (Wildman–Crippen LogP) is 4.25. The van der Waals surface area contributed by atoms with E-state index in [9.17, 15) is 4.79 Å². The maximum absolute atomic E-state index is 12.8.